The van der Waals surface area contributed by atoms with Crippen molar-refractivity contribution in [2.75, 3.05) is 12.1 Å². The van der Waals surface area contributed by atoms with Crippen LogP contribution in [0.2, 0.25) is 0 Å². The quantitative estimate of drug-likeness (QED) is 0.439. The minimum Gasteiger partial charge on any atom is -0.283 e. The lowest BCUT2D eigenvalue weighted by molar-refractivity contribution is -0.401. The SMILES string of the molecule is C[N+]1=C(/C=C/C=C/C=C2/N(N)c3ccccc3C2(C)C)C(C)(C)c2ccccc21. The molecule has 0 spiro atoms. The summed E-state index contributed by atoms with van der Waals surface area (Å²) in [7, 11) is 2.14. The molecule has 0 amide bonds. The molecule has 2 aromatic carbocycles. The van der Waals surface area contributed by atoms with E-state index in [0.29, 0.717) is 0 Å². The normalized spacial score (nSPS) is 20.9. The summed E-state index contributed by atoms with van der Waals surface area (Å²) >= 11 is 0. The van der Waals surface area contributed by atoms with Gasteiger partial charge in [0.1, 0.15) is 7.05 Å². The first-order valence-corrected chi connectivity index (χ1v) is 10.2. The molecule has 2 N–H and O–H groups in total. The van der Waals surface area contributed by atoms with Gasteiger partial charge in [0.25, 0.3) is 0 Å². The molecule has 148 valence electrons. The van der Waals surface area contributed by atoms with Crippen molar-refractivity contribution in [3.05, 3.63) is 95.7 Å². The largest absolute Gasteiger partial charge is 0.283 e. The zero-order valence-corrected chi connectivity index (χ0v) is 18.0. The molecule has 0 unspecified atom stereocenters. The fourth-order valence-corrected chi connectivity index (χ4v) is 4.73. The molecule has 0 saturated carbocycles. The van der Waals surface area contributed by atoms with Crippen LogP contribution in [0, 0.1) is 0 Å². The van der Waals surface area contributed by atoms with Crippen LogP contribution in [0.4, 0.5) is 11.4 Å². The summed E-state index contributed by atoms with van der Waals surface area (Å²) in [5.41, 5.74) is 7.29. The summed E-state index contributed by atoms with van der Waals surface area (Å²) in [5, 5.41) is 1.81. The summed E-state index contributed by atoms with van der Waals surface area (Å²) < 4.78 is 2.29. The van der Waals surface area contributed by atoms with E-state index in [2.05, 4.69) is 112 Å². The lowest BCUT2D eigenvalue weighted by atomic mass is 9.81. The number of rotatable bonds is 3. The average molecular weight is 385 g/mol. The zero-order chi connectivity index (χ0) is 20.8. The first-order valence-electron chi connectivity index (χ1n) is 10.2. The van der Waals surface area contributed by atoms with Crippen LogP contribution in [0.5, 0.6) is 0 Å². The van der Waals surface area contributed by atoms with E-state index < -0.39 is 0 Å². The molecule has 3 heteroatoms. The van der Waals surface area contributed by atoms with Crippen molar-refractivity contribution >= 4 is 17.1 Å². The van der Waals surface area contributed by atoms with Crippen molar-refractivity contribution in [1.82, 2.24) is 0 Å². The summed E-state index contributed by atoms with van der Waals surface area (Å²) in [6.07, 6.45) is 10.6. The number of hydrogen-bond donors (Lipinski definition) is 1. The van der Waals surface area contributed by atoms with Crippen LogP contribution in [-0.4, -0.2) is 17.3 Å². The lowest BCUT2D eigenvalue weighted by Crippen LogP contribution is -2.31. The third-order valence-electron chi connectivity index (χ3n) is 6.41. The fourth-order valence-electron chi connectivity index (χ4n) is 4.73. The maximum Gasteiger partial charge on any atom is 0.209 e. The van der Waals surface area contributed by atoms with Gasteiger partial charge in [0, 0.05) is 28.8 Å². The average Bonchev–Trinajstić information content (AvgIpc) is 3.02. The molecule has 3 nitrogen and oxygen atoms in total. The number of benzene rings is 2. The fraction of sp³-hybridized carbons (Fsp3) is 0.269. The molecule has 2 aliphatic rings. The molecule has 0 aliphatic carbocycles. The number of nitrogens with zero attached hydrogens (tertiary/aromatic N) is 2. The number of anilines is 1. The third-order valence-corrected chi connectivity index (χ3v) is 6.41. The van der Waals surface area contributed by atoms with E-state index in [1.54, 1.807) is 0 Å². The molecular formula is C26H30N3+. The van der Waals surface area contributed by atoms with Gasteiger partial charge in [-0.1, -0.05) is 68.5 Å². The first kappa shape index (κ1) is 19.4. The van der Waals surface area contributed by atoms with Crippen LogP contribution < -0.4 is 10.9 Å². The number of allylic oxidation sites excluding steroid dienone is 6. The highest BCUT2D eigenvalue weighted by Gasteiger charge is 2.42. The van der Waals surface area contributed by atoms with Gasteiger partial charge in [-0.25, -0.2) is 5.84 Å². The van der Waals surface area contributed by atoms with Crippen LogP contribution in [0.3, 0.4) is 0 Å². The van der Waals surface area contributed by atoms with E-state index in [4.69, 9.17) is 5.84 Å². The van der Waals surface area contributed by atoms with Gasteiger partial charge in [0.2, 0.25) is 5.69 Å². The van der Waals surface area contributed by atoms with E-state index in [0.717, 1.165) is 11.4 Å². The maximum absolute atomic E-state index is 6.39. The molecule has 0 radical (unpaired) electrons. The molecule has 0 atom stereocenters. The Hall–Kier alpha value is -2.91. The van der Waals surface area contributed by atoms with Crippen molar-refractivity contribution in [1.29, 1.82) is 0 Å². The van der Waals surface area contributed by atoms with Crippen LogP contribution in [0.1, 0.15) is 38.8 Å². The molecule has 2 aromatic rings. The van der Waals surface area contributed by atoms with Gasteiger partial charge in [-0.2, -0.15) is 4.58 Å². The van der Waals surface area contributed by atoms with Gasteiger partial charge < -0.3 is 0 Å². The first-order chi connectivity index (χ1) is 13.8. The molecular weight excluding hydrogens is 354 g/mol. The molecule has 0 saturated heterocycles. The van der Waals surface area contributed by atoms with E-state index in [9.17, 15) is 0 Å². The van der Waals surface area contributed by atoms with E-state index >= 15 is 0 Å². The minimum absolute atomic E-state index is 0.00269. The number of para-hydroxylation sites is 2. The van der Waals surface area contributed by atoms with Crippen molar-refractivity contribution in [2.24, 2.45) is 5.84 Å². The summed E-state index contributed by atoms with van der Waals surface area (Å²) in [5.74, 6) is 6.39. The molecule has 0 aromatic heterocycles. The van der Waals surface area contributed by atoms with Gasteiger partial charge in [0.15, 0.2) is 5.71 Å². The predicted octanol–water partition coefficient (Wildman–Crippen LogP) is 5.36. The summed E-state index contributed by atoms with van der Waals surface area (Å²) in [4.78, 5) is 0. The van der Waals surface area contributed by atoms with Crippen molar-refractivity contribution < 1.29 is 4.58 Å². The Balaban J connectivity index is 1.56. The van der Waals surface area contributed by atoms with Gasteiger partial charge >= 0.3 is 0 Å². The van der Waals surface area contributed by atoms with Crippen LogP contribution >= 0.6 is 0 Å². The Bertz CT molecular complexity index is 1080. The van der Waals surface area contributed by atoms with Crippen LogP contribution in [-0.2, 0) is 10.8 Å². The number of fused-ring (bicyclic) bond motifs is 2. The Morgan fingerprint density at radius 3 is 2.17 bits per heavy atom. The highest BCUT2D eigenvalue weighted by atomic mass is 15.4. The van der Waals surface area contributed by atoms with Gasteiger partial charge in [-0.15, -0.1) is 0 Å². The molecule has 2 aliphatic heterocycles. The minimum atomic E-state index is -0.108. The van der Waals surface area contributed by atoms with Crippen LogP contribution in [0.25, 0.3) is 0 Å². The number of hydrazine groups is 1. The van der Waals surface area contributed by atoms with Crippen LogP contribution in [0.15, 0.2) is 84.6 Å². The predicted molar refractivity (Wildman–Crippen MR) is 123 cm³/mol. The Kier molecular flexibility index (Phi) is 4.59. The smallest absolute Gasteiger partial charge is 0.209 e. The molecule has 0 bridgehead atoms. The van der Waals surface area contributed by atoms with Crippen molar-refractivity contribution in [3.63, 3.8) is 0 Å². The highest BCUT2D eigenvalue weighted by molar-refractivity contribution is 6.03. The van der Waals surface area contributed by atoms with Crippen molar-refractivity contribution in [3.8, 4) is 0 Å². The van der Waals surface area contributed by atoms with E-state index in [1.165, 1.54) is 22.5 Å². The summed E-state index contributed by atoms with van der Waals surface area (Å²) in [6, 6.07) is 17.0. The zero-order valence-electron chi connectivity index (χ0n) is 18.0. The second-order valence-electron chi connectivity index (χ2n) is 8.89. The molecule has 0 fully saturated rings. The Labute approximate surface area is 174 Å². The van der Waals surface area contributed by atoms with Gasteiger partial charge in [-0.3, -0.25) is 5.01 Å². The molecule has 29 heavy (non-hydrogen) atoms. The standard InChI is InChI=1S/C26H30N3/c1-25(2)19-13-9-11-15-21(19)28(5)23(25)17-7-6-8-18-24-26(3,4)20-14-10-12-16-22(20)29(24)27/h6-18H,27H2,1-5H3/q+1. The highest BCUT2D eigenvalue weighted by Crippen LogP contribution is 2.45. The number of hydrogen-bond acceptors (Lipinski definition) is 2. The van der Waals surface area contributed by atoms with E-state index in [1.807, 2.05) is 11.1 Å². The van der Waals surface area contributed by atoms with Crippen molar-refractivity contribution in [2.45, 2.75) is 38.5 Å². The second-order valence-corrected chi connectivity index (χ2v) is 8.89. The number of nitrogens with two attached hydrogens (primary N) is 1. The van der Waals surface area contributed by atoms with Gasteiger partial charge in [0.05, 0.1) is 11.1 Å². The topological polar surface area (TPSA) is 32.3 Å². The second kappa shape index (κ2) is 6.85. The lowest BCUT2D eigenvalue weighted by Gasteiger charge is -2.23. The maximum atomic E-state index is 6.39. The third kappa shape index (κ3) is 2.97. The molecule has 4 rings (SSSR count). The van der Waals surface area contributed by atoms with E-state index in [-0.39, 0.29) is 10.8 Å². The van der Waals surface area contributed by atoms with Gasteiger partial charge in [-0.05, 0) is 31.6 Å². The Morgan fingerprint density at radius 1 is 0.828 bits per heavy atom. The summed E-state index contributed by atoms with van der Waals surface area (Å²) in [6.45, 7) is 9.01. The monoisotopic (exact) mass is 384 g/mol. The molecule has 2 heterocycles. The Morgan fingerprint density at radius 2 is 1.48 bits per heavy atom.